The Labute approximate surface area is 233 Å². The second-order valence-corrected chi connectivity index (χ2v) is 10.9. The van der Waals surface area contributed by atoms with E-state index in [0.29, 0.717) is 19.3 Å². The highest BCUT2D eigenvalue weighted by atomic mass is 16.5. The van der Waals surface area contributed by atoms with Gasteiger partial charge in [0.05, 0.1) is 6.61 Å². The van der Waals surface area contributed by atoms with Crippen LogP contribution in [0.25, 0.3) is 0 Å². The molecule has 1 aromatic carbocycles. The quantitative estimate of drug-likeness (QED) is 0.208. The Bertz CT molecular complexity index is 930. The van der Waals surface area contributed by atoms with Gasteiger partial charge in [0, 0.05) is 12.1 Å². The average molecular weight is 546 g/mol. The van der Waals surface area contributed by atoms with Crippen LogP contribution in [0.3, 0.4) is 0 Å². The van der Waals surface area contributed by atoms with Crippen molar-refractivity contribution in [2.75, 3.05) is 6.61 Å². The molecule has 0 bridgehead atoms. The number of hydrogen-bond acceptors (Lipinski definition) is 6. The molecule has 3 amide bonds. The van der Waals surface area contributed by atoms with Gasteiger partial charge >= 0.3 is 12.1 Å². The first-order valence-electron chi connectivity index (χ1n) is 13.8. The van der Waals surface area contributed by atoms with E-state index < -0.39 is 36.1 Å². The lowest BCUT2D eigenvalue weighted by atomic mass is 9.99. The van der Waals surface area contributed by atoms with E-state index in [1.54, 1.807) is 13.0 Å². The lowest BCUT2D eigenvalue weighted by Gasteiger charge is -2.26. The molecule has 0 aliphatic heterocycles. The summed E-state index contributed by atoms with van der Waals surface area (Å²) < 4.78 is 10.3. The fraction of sp³-hybridized carbons (Fsp3) is 0.600. The highest BCUT2D eigenvalue weighted by Gasteiger charge is 2.29. The Kier molecular flexibility index (Phi) is 15.6. The third-order valence-corrected chi connectivity index (χ3v) is 5.67. The lowest BCUT2D eigenvalue weighted by molar-refractivity contribution is -0.137. The molecule has 0 aromatic heterocycles. The van der Waals surface area contributed by atoms with Crippen LogP contribution in [-0.4, -0.2) is 48.6 Å². The number of carbonyl (C=O) groups excluding carboxylic acids is 4. The number of nitrogens with one attached hydrogen (secondary N) is 3. The normalized spacial score (nSPS) is 13.7. The summed E-state index contributed by atoms with van der Waals surface area (Å²) in [5.74, 6) is -0.811. The van der Waals surface area contributed by atoms with E-state index >= 15 is 0 Å². The largest absolute Gasteiger partial charge is 0.463 e. The number of carbonyl (C=O) groups is 4. The van der Waals surface area contributed by atoms with E-state index in [1.807, 2.05) is 71.9 Å². The minimum atomic E-state index is -0.870. The zero-order chi connectivity index (χ0) is 29.4. The Morgan fingerprint density at radius 3 is 1.82 bits per heavy atom. The predicted octanol–water partition coefficient (Wildman–Crippen LogP) is 4.51. The van der Waals surface area contributed by atoms with Crippen LogP contribution in [-0.2, 0) is 30.5 Å². The molecule has 0 aliphatic rings. The van der Waals surface area contributed by atoms with Crippen LogP contribution in [0.1, 0.15) is 73.3 Å². The standard InChI is InChI=1S/C30H47N3O6/c1-8-38-27(34)15-14-24(16-20(2)3)31-28(35)25(17-21(4)5)32-29(36)26(18-22(6)7)33-30(37)39-19-23-12-10-9-11-13-23/h9-15,20-22,24-26H,8,16-19H2,1-7H3,(H,31,35)(H,32,36)(H,33,37)/b15-14+/t24-,25+,26+/m1/s1. The van der Waals surface area contributed by atoms with E-state index in [-0.39, 0.29) is 36.9 Å². The van der Waals surface area contributed by atoms with Gasteiger partial charge in [-0.05, 0) is 49.5 Å². The van der Waals surface area contributed by atoms with E-state index in [0.717, 1.165) is 5.56 Å². The summed E-state index contributed by atoms with van der Waals surface area (Å²) in [6.45, 7) is 13.9. The fourth-order valence-electron chi connectivity index (χ4n) is 3.95. The van der Waals surface area contributed by atoms with Gasteiger partial charge in [0.15, 0.2) is 0 Å². The first kappa shape index (κ1) is 33.7. The second kappa shape index (κ2) is 18.0. The number of alkyl carbamates (subject to hydrolysis) is 1. The van der Waals surface area contributed by atoms with Crippen molar-refractivity contribution < 1.29 is 28.7 Å². The van der Waals surface area contributed by atoms with E-state index in [2.05, 4.69) is 16.0 Å². The van der Waals surface area contributed by atoms with Crippen molar-refractivity contribution in [3.8, 4) is 0 Å². The number of esters is 1. The van der Waals surface area contributed by atoms with Gasteiger partial charge in [0.1, 0.15) is 18.7 Å². The number of hydrogen-bond donors (Lipinski definition) is 3. The van der Waals surface area contributed by atoms with Crippen molar-refractivity contribution in [1.82, 2.24) is 16.0 Å². The van der Waals surface area contributed by atoms with Gasteiger partial charge in [-0.2, -0.15) is 0 Å². The summed E-state index contributed by atoms with van der Waals surface area (Å²) in [7, 11) is 0. The summed E-state index contributed by atoms with van der Waals surface area (Å²) in [6.07, 6.45) is 3.62. The zero-order valence-electron chi connectivity index (χ0n) is 24.5. The predicted molar refractivity (Wildman–Crippen MR) is 152 cm³/mol. The summed E-state index contributed by atoms with van der Waals surface area (Å²) in [6, 6.07) is 7.16. The summed E-state index contributed by atoms with van der Waals surface area (Å²) in [5.41, 5.74) is 0.833. The zero-order valence-corrected chi connectivity index (χ0v) is 24.5. The SMILES string of the molecule is CCOC(=O)/C=C/[C@H](CC(C)C)NC(=O)[C@H](CC(C)C)NC(=O)[C@H](CC(C)C)NC(=O)OCc1ccccc1. The summed E-state index contributed by atoms with van der Waals surface area (Å²) in [5, 5.41) is 8.46. The third-order valence-electron chi connectivity index (χ3n) is 5.67. The lowest BCUT2D eigenvalue weighted by Crippen LogP contribution is -2.55. The van der Waals surface area contributed by atoms with Crippen LogP contribution < -0.4 is 16.0 Å². The van der Waals surface area contributed by atoms with Crippen LogP contribution in [0, 0.1) is 17.8 Å². The molecule has 9 nitrogen and oxygen atoms in total. The molecule has 0 spiro atoms. The van der Waals surface area contributed by atoms with Crippen LogP contribution in [0.4, 0.5) is 4.79 Å². The van der Waals surface area contributed by atoms with Crippen LogP contribution in [0.2, 0.25) is 0 Å². The monoisotopic (exact) mass is 545 g/mol. The topological polar surface area (TPSA) is 123 Å². The van der Waals surface area contributed by atoms with Gasteiger partial charge in [0.25, 0.3) is 0 Å². The molecule has 39 heavy (non-hydrogen) atoms. The van der Waals surface area contributed by atoms with Crippen LogP contribution in [0.15, 0.2) is 42.5 Å². The molecule has 0 fully saturated rings. The van der Waals surface area contributed by atoms with Crippen molar-refractivity contribution in [3.63, 3.8) is 0 Å². The van der Waals surface area contributed by atoms with E-state index in [9.17, 15) is 19.2 Å². The summed E-state index contributed by atoms with van der Waals surface area (Å²) >= 11 is 0. The molecule has 3 N–H and O–H groups in total. The summed E-state index contributed by atoms with van der Waals surface area (Å²) in [4.78, 5) is 50.9. The number of benzene rings is 1. The molecule has 0 heterocycles. The highest BCUT2D eigenvalue weighted by Crippen LogP contribution is 2.12. The maximum atomic E-state index is 13.3. The smallest absolute Gasteiger partial charge is 0.408 e. The molecule has 0 unspecified atom stereocenters. The van der Waals surface area contributed by atoms with Gasteiger partial charge in [-0.15, -0.1) is 0 Å². The van der Waals surface area contributed by atoms with E-state index in [4.69, 9.17) is 9.47 Å². The molecule has 3 atom stereocenters. The second-order valence-electron chi connectivity index (χ2n) is 10.9. The van der Waals surface area contributed by atoms with Crippen molar-refractivity contribution in [1.29, 1.82) is 0 Å². The molecule has 0 radical (unpaired) electrons. The molecule has 1 rings (SSSR count). The Morgan fingerprint density at radius 1 is 0.744 bits per heavy atom. The maximum absolute atomic E-state index is 13.3. The van der Waals surface area contributed by atoms with Crippen molar-refractivity contribution in [2.45, 2.75) is 92.5 Å². The minimum Gasteiger partial charge on any atom is -0.463 e. The highest BCUT2D eigenvalue weighted by molar-refractivity contribution is 5.91. The molecule has 0 saturated carbocycles. The Balaban J connectivity index is 2.95. The van der Waals surface area contributed by atoms with Crippen LogP contribution >= 0.6 is 0 Å². The van der Waals surface area contributed by atoms with Gasteiger partial charge in [-0.25, -0.2) is 9.59 Å². The van der Waals surface area contributed by atoms with Crippen molar-refractivity contribution >= 4 is 23.9 Å². The molecule has 0 aliphatic carbocycles. The Morgan fingerprint density at radius 2 is 1.28 bits per heavy atom. The van der Waals surface area contributed by atoms with Crippen LogP contribution in [0.5, 0.6) is 0 Å². The molecule has 1 aromatic rings. The van der Waals surface area contributed by atoms with Gasteiger partial charge in [-0.1, -0.05) is 78.0 Å². The van der Waals surface area contributed by atoms with E-state index in [1.165, 1.54) is 6.08 Å². The Hall–Kier alpha value is -3.36. The van der Waals surface area contributed by atoms with Gasteiger partial charge in [0.2, 0.25) is 11.8 Å². The maximum Gasteiger partial charge on any atom is 0.408 e. The molecule has 9 heteroatoms. The first-order chi connectivity index (χ1) is 18.4. The minimum absolute atomic E-state index is 0.0810. The number of rotatable bonds is 16. The van der Waals surface area contributed by atoms with Crippen molar-refractivity contribution in [2.24, 2.45) is 17.8 Å². The van der Waals surface area contributed by atoms with Gasteiger partial charge < -0.3 is 25.4 Å². The molecule has 0 saturated heterocycles. The number of ether oxygens (including phenoxy) is 2. The molecular weight excluding hydrogens is 498 g/mol. The van der Waals surface area contributed by atoms with Gasteiger partial charge in [-0.3, -0.25) is 9.59 Å². The number of amides is 3. The first-order valence-corrected chi connectivity index (χ1v) is 13.8. The van der Waals surface area contributed by atoms with Crippen molar-refractivity contribution in [3.05, 3.63) is 48.0 Å². The fourth-order valence-corrected chi connectivity index (χ4v) is 3.95. The third kappa shape index (κ3) is 15.0. The molecular formula is C30H47N3O6. The molecule has 218 valence electrons. The average Bonchev–Trinajstić information content (AvgIpc) is 2.85.